The molecule has 4 bridgehead atoms. The van der Waals surface area contributed by atoms with Crippen molar-refractivity contribution < 1.29 is 49.8 Å². The Hall–Kier alpha value is -6.55. The fourth-order valence-electron chi connectivity index (χ4n) is 7.87. The molecule has 0 spiro atoms. The molecule has 1 aromatic heterocycles. The number of nitrogens with one attached hydrogen (secondary N) is 5. The SMILES string of the molecule is CCCCCCCCCCc1ccc2cc(C(=O)NCCC(=O)N[C@@H](CCCC[NH3+])C(=O)N[C@@H]3C(=O)N[C@@H](C)C(=O)N[C@H](C(=O)O)Cc4ccc(O)c(c4)-c4cc3ccc4O)cnc2c1. The van der Waals surface area contributed by atoms with Crippen molar-refractivity contribution in [2.75, 3.05) is 13.1 Å². The minimum Gasteiger partial charge on any atom is -0.507 e. The van der Waals surface area contributed by atoms with E-state index in [4.69, 9.17) is 0 Å². The molecule has 348 valence electrons. The molecule has 1 aliphatic rings. The third-order valence-electron chi connectivity index (χ3n) is 11.7. The molecule has 0 fully saturated rings. The molecule has 1 aliphatic heterocycles. The van der Waals surface area contributed by atoms with E-state index in [0.29, 0.717) is 30.5 Å². The van der Waals surface area contributed by atoms with E-state index >= 15 is 0 Å². The summed E-state index contributed by atoms with van der Waals surface area (Å²) in [6.45, 7) is 4.13. The molecule has 0 saturated carbocycles. The quantitative estimate of drug-likeness (QED) is 0.0529. The van der Waals surface area contributed by atoms with Crippen molar-refractivity contribution in [3.8, 4) is 22.6 Å². The number of benzene rings is 3. The van der Waals surface area contributed by atoms with Crippen molar-refractivity contribution >= 4 is 46.4 Å². The zero-order valence-electron chi connectivity index (χ0n) is 37.4. The minimum atomic E-state index is -1.48. The van der Waals surface area contributed by atoms with Crippen LogP contribution >= 0.6 is 0 Å². The van der Waals surface area contributed by atoms with E-state index in [1.807, 2.05) is 6.07 Å². The van der Waals surface area contributed by atoms with Crippen LogP contribution in [0.2, 0.25) is 0 Å². The van der Waals surface area contributed by atoms with Crippen LogP contribution in [-0.2, 0) is 36.8 Å². The number of quaternary nitrogens is 1. The highest BCUT2D eigenvalue weighted by molar-refractivity contribution is 5.98. The van der Waals surface area contributed by atoms with Crippen LogP contribution in [0.4, 0.5) is 0 Å². The van der Waals surface area contributed by atoms with Gasteiger partial charge in [-0.15, -0.1) is 0 Å². The molecule has 4 atom stereocenters. The number of hydrogen-bond donors (Lipinski definition) is 9. The number of rotatable bonds is 21. The van der Waals surface area contributed by atoms with Crippen LogP contribution in [-0.4, -0.2) is 87.0 Å². The lowest BCUT2D eigenvalue weighted by molar-refractivity contribution is -0.368. The normalized spacial score (nSPS) is 16.7. The van der Waals surface area contributed by atoms with Gasteiger partial charge >= 0.3 is 5.97 Å². The van der Waals surface area contributed by atoms with Gasteiger partial charge in [0.05, 0.1) is 17.6 Å². The van der Waals surface area contributed by atoms with Gasteiger partial charge in [-0.25, -0.2) is 4.79 Å². The van der Waals surface area contributed by atoms with Gasteiger partial charge in [-0.05, 0) is 92.1 Å². The van der Waals surface area contributed by atoms with Gasteiger partial charge in [0, 0.05) is 42.1 Å². The lowest BCUT2D eigenvalue weighted by atomic mass is 9.94. The maximum Gasteiger partial charge on any atom is 0.326 e. The van der Waals surface area contributed by atoms with E-state index < -0.39 is 59.7 Å². The summed E-state index contributed by atoms with van der Waals surface area (Å²) in [5.74, 6) is -5.15. The number of aromatic hydroxyl groups is 2. The maximum absolute atomic E-state index is 14.1. The van der Waals surface area contributed by atoms with Crippen LogP contribution in [0.15, 0.2) is 66.9 Å². The van der Waals surface area contributed by atoms with Gasteiger partial charge < -0.3 is 47.6 Å². The molecule has 0 saturated heterocycles. The highest BCUT2D eigenvalue weighted by Gasteiger charge is 2.32. The Labute approximate surface area is 379 Å². The third-order valence-corrected chi connectivity index (χ3v) is 11.7. The summed E-state index contributed by atoms with van der Waals surface area (Å²) in [7, 11) is 0. The maximum atomic E-state index is 14.1. The average Bonchev–Trinajstić information content (AvgIpc) is 3.28. The smallest absolute Gasteiger partial charge is 0.326 e. The number of carboxylic acids is 1. The number of amides is 5. The van der Waals surface area contributed by atoms with E-state index in [9.17, 15) is 44.1 Å². The molecule has 65 heavy (non-hydrogen) atoms. The monoisotopic (exact) mass is 894 g/mol. The van der Waals surface area contributed by atoms with E-state index in [1.54, 1.807) is 6.07 Å². The first-order valence-corrected chi connectivity index (χ1v) is 22.8. The molecule has 16 nitrogen and oxygen atoms in total. The topological polar surface area (TPSA) is 264 Å². The van der Waals surface area contributed by atoms with Crippen LogP contribution in [0.5, 0.6) is 11.5 Å². The fraction of sp³-hybridized carbons (Fsp3) is 0.449. The van der Waals surface area contributed by atoms with Crippen molar-refractivity contribution in [1.29, 1.82) is 0 Å². The Kier molecular flexibility index (Phi) is 18.6. The standard InChI is InChI=1S/C49H63N7O9/c1-3-4-5-6-7-8-9-10-13-31-15-17-33-27-35(29-52-39(33)25-31)46(61)51-23-21-43(59)54-38(14-11-12-22-50)47(62)56-44-34-18-20-42(58)37(28-34)36-24-32(16-19-41(36)57)26-40(49(64)65)55-45(60)30(2)53-48(44)63/h15-20,24-25,27-30,38,40,44,57-58H,3-14,21-23,26,50H2,1-2H3,(H,51,61)(H,53,63)(H,54,59)(H,55,60)(H,56,62)(H,64,65)/p+1/t30-,38-,40-,44-/m0/s1. The number of phenolic OH excluding ortho intramolecular Hbond substituents is 2. The number of carbonyl (C=O) groups excluding carboxylic acids is 5. The number of nitrogens with zero attached hydrogens (tertiary/aromatic N) is 1. The van der Waals surface area contributed by atoms with E-state index in [2.05, 4.69) is 56.4 Å². The molecule has 0 radical (unpaired) electrons. The van der Waals surface area contributed by atoms with Crippen molar-refractivity contribution in [3.05, 3.63) is 89.1 Å². The summed E-state index contributed by atoms with van der Waals surface area (Å²) in [6.07, 6.45) is 13.5. The molecule has 5 rings (SSSR count). The van der Waals surface area contributed by atoms with Gasteiger partial charge in [-0.1, -0.05) is 76.1 Å². The van der Waals surface area contributed by atoms with Gasteiger partial charge in [0.15, 0.2) is 0 Å². The van der Waals surface area contributed by atoms with Crippen LogP contribution in [0.25, 0.3) is 22.0 Å². The lowest BCUT2D eigenvalue weighted by Gasteiger charge is -2.26. The van der Waals surface area contributed by atoms with Gasteiger partial charge in [0.2, 0.25) is 23.6 Å². The number of pyridine rings is 1. The first-order valence-electron chi connectivity index (χ1n) is 22.8. The second-order valence-corrected chi connectivity index (χ2v) is 16.9. The molecular formula is C49H64N7O9+. The Bertz CT molecular complexity index is 2320. The van der Waals surface area contributed by atoms with Crippen molar-refractivity contribution in [3.63, 3.8) is 0 Å². The number of phenols is 2. The number of aliphatic carboxylic acids is 1. The lowest BCUT2D eigenvalue weighted by Crippen LogP contribution is -2.54. The predicted molar refractivity (Wildman–Crippen MR) is 246 cm³/mol. The van der Waals surface area contributed by atoms with Gasteiger partial charge in [-0.3, -0.25) is 29.0 Å². The number of unbranched alkanes of at least 4 members (excludes halogenated alkanes) is 8. The number of aromatic nitrogens is 1. The molecule has 0 aliphatic carbocycles. The van der Waals surface area contributed by atoms with Crippen molar-refractivity contribution in [2.45, 2.75) is 128 Å². The predicted octanol–water partition coefficient (Wildman–Crippen LogP) is 4.50. The summed E-state index contributed by atoms with van der Waals surface area (Å²) in [4.78, 5) is 84.3. The number of carbonyl (C=O) groups is 6. The Morgan fingerprint density at radius 2 is 1.54 bits per heavy atom. The Balaban J connectivity index is 1.24. The second-order valence-electron chi connectivity index (χ2n) is 16.9. The Morgan fingerprint density at radius 3 is 2.26 bits per heavy atom. The largest absolute Gasteiger partial charge is 0.507 e. The summed E-state index contributed by atoms with van der Waals surface area (Å²) in [5, 5.41) is 45.6. The fourth-order valence-corrected chi connectivity index (χ4v) is 7.87. The number of hydrogen-bond acceptors (Lipinski definition) is 9. The number of fused-ring (bicyclic) bond motifs is 6. The molecule has 16 heteroatoms. The Morgan fingerprint density at radius 1 is 0.831 bits per heavy atom. The van der Waals surface area contributed by atoms with E-state index in [-0.39, 0.29) is 54.0 Å². The van der Waals surface area contributed by atoms with Crippen molar-refractivity contribution in [2.24, 2.45) is 0 Å². The summed E-state index contributed by atoms with van der Waals surface area (Å²) < 4.78 is 0. The summed E-state index contributed by atoms with van der Waals surface area (Å²) >= 11 is 0. The number of aryl methyl sites for hydroxylation is 1. The van der Waals surface area contributed by atoms with Crippen LogP contribution in [0, 0.1) is 0 Å². The first kappa shape index (κ1) is 49.5. The number of carboxylic acid groups (broad SMARTS) is 1. The molecule has 2 heterocycles. The summed E-state index contributed by atoms with van der Waals surface area (Å²) in [5.41, 5.74) is 7.02. The zero-order chi connectivity index (χ0) is 46.9. The second kappa shape index (κ2) is 24.5. The molecule has 5 amide bonds. The van der Waals surface area contributed by atoms with Gasteiger partial charge in [0.25, 0.3) is 5.91 Å². The molecule has 0 unspecified atom stereocenters. The molecule has 3 aromatic carbocycles. The van der Waals surface area contributed by atoms with Crippen LogP contribution in [0.3, 0.4) is 0 Å². The average molecular weight is 895 g/mol. The van der Waals surface area contributed by atoms with Crippen LogP contribution in [0.1, 0.15) is 124 Å². The van der Waals surface area contributed by atoms with Crippen LogP contribution < -0.4 is 32.3 Å². The van der Waals surface area contributed by atoms with Crippen molar-refractivity contribution in [1.82, 2.24) is 31.6 Å². The van der Waals surface area contributed by atoms with E-state index in [1.165, 1.54) is 100 Å². The molecule has 11 N–H and O–H groups in total. The van der Waals surface area contributed by atoms with Gasteiger partial charge in [-0.2, -0.15) is 0 Å². The third kappa shape index (κ3) is 14.5. The first-order chi connectivity index (χ1) is 31.3. The molecule has 4 aromatic rings. The minimum absolute atomic E-state index is 0.0362. The highest BCUT2D eigenvalue weighted by atomic mass is 16.4. The van der Waals surface area contributed by atoms with E-state index in [0.717, 1.165) is 23.7 Å². The molecular weight excluding hydrogens is 831 g/mol. The zero-order valence-corrected chi connectivity index (χ0v) is 37.4. The van der Waals surface area contributed by atoms with Gasteiger partial charge in [0.1, 0.15) is 35.7 Å². The highest BCUT2D eigenvalue weighted by Crippen LogP contribution is 2.38. The summed E-state index contributed by atoms with van der Waals surface area (Å²) in [6, 6.07) is 11.0.